The molecule has 0 fully saturated rings. The molecule has 0 radical (unpaired) electrons. The Kier molecular flexibility index (Phi) is 7.63. The summed E-state index contributed by atoms with van der Waals surface area (Å²) in [5.41, 5.74) is -0.505. The molecule has 1 atom stereocenters. The van der Waals surface area contributed by atoms with Gasteiger partial charge in [0.05, 0.1) is 12.6 Å². The van der Waals surface area contributed by atoms with Gasteiger partial charge in [-0.3, -0.25) is 0 Å². The molecule has 0 aromatic heterocycles. The van der Waals surface area contributed by atoms with Gasteiger partial charge in [-0.2, -0.15) is 11.8 Å². The number of hydrogen-bond donors (Lipinski definition) is 2. The average molecular weight is 263 g/mol. The van der Waals surface area contributed by atoms with E-state index in [0.717, 1.165) is 5.75 Å². The summed E-state index contributed by atoms with van der Waals surface area (Å²) in [6.45, 7) is 9.66. The lowest BCUT2D eigenvalue weighted by atomic mass is 10.2. The molecule has 102 valence electrons. The summed E-state index contributed by atoms with van der Waals surface area (Å²) in [5, 5.41) is 11.8. The van der Waals surface area contributed by atoms with Crippen molar-refractivity contribution in [3.8, 4) is 0 Å². The van der Waals surface area contributed by atoms with Gasteiger partial charge >= 0.3 is 6.09 Å². The monoisotopic (exact) mass is 263 g/mol. The second-order valence-corrected chi connectivity index (χ2v) is 6.53. The Hall–Kier alpha value is -0.420. The Bertz CT molecular complexity index is 226. The van der Waals surface area contributed by atoms with Crippen LogP contribution in [0.4, 0.5) is 4.79 Å². The van der Waals surface area contributed by atoms with Gasteiger partial charge in [0.15, 0.2) is 0 Å². The summed E-state index contributed by atoms with van der Waals surface area (Å²) < 4.78 is 5.13. The Morgan fingerprint density at radius 2 is 1.94 bits per heavy atom. The van der Waals surface area contributed by atoms with E-state index in [2.05, 4.69) is 19.2 Å². The molecule has 0 aliphatic carbocycles. The van der Waals surface area contributed by atoms with Crippen LogP contribution in [0.5, 0.6) is 0 Å². The van der Waals surface area contributed by atoms with E-state index in [1.807, 2.05) is 20.8 Å². The number of carbonyl (C=O) groups excluding carboxylic acids is 1. The molecule has 0 rings (SSSR count). The van der Waals surface area contributed by atoms with E-state index in [-0.39, 0.29) is 12.6 Å². The lowest BCUT2D eigenvalue weighted by Crippen LogP contribution is -2.42. The zero-order valence-electron chi connectivity index (χ0n) is 11.4. The minimum Gasteiger partial charge on any atom is -0.444 e. The number of aliphatic hydroxyl groups is 1. The molecule has 0 saturated carbocycles. The van der Waals surface area contributed by atoms with E-state index in [0.29, 0.717) is 11.7 Å². The van der Waals surface area contributed by atoms with Gasteiger partial charge in [-0.05, 0) is 32.4 Å². The Labute approximate surface area is 108 Å². The molecule has 0 aromatic carbocycles. The fourth-order valence-corrected chi connectivity index (χ4v) is 2.14. The summed E-state index contributed by atoms with van der Waals surface area (Å²) in [7, 11) is 0. The molecule has 0 aliphatic heterocycles. The molecule has 0 spiro atoms. The minimum atomic E-state index is -0.505. The van der Waals surface area contributed by atoms with Crippen LogP contribution in [0.3, 0.4) is 0 Å². The number of aliphatic hydroxyl groups excluding tert-OH is 1. The zero-order valence-corrected chi connectivity index (χ0v) is 12.3. The first kappa shape index (κ1) is 16.6. The van der Waals surface area contributed by atoms with Crippen molar-refractivity contribution in [2.75, 3.05) is 18.1 Å². The summed E-state index contributed by atoms with van der Waals surface area (Å²) in [6.07, 6.45) is -0.471. The molecule has 1 amide bonds. The van der Waals surface area contributed by atoms with Gasteiger partial charge in [0, 0.05) is 5.75 Å². The van der Waals surface area contributed by atoms with Gasteiger partial charge in [-0.25, -0.2) is 4.79 Å². The lowest BCUT2D eigenvalue weighted by molar-refractivity contribution is 0.0491. The standard InChI is InChI=1S/C12H25NO3S/c1-9(2)7-17-8-10(6-14)13-11(15)16-12(3,4)5/h9-10,14H,6-8H2,1-5H3,(H,13,15). The molecule has 5 heteroatoms. The Morgan fingerprint density at radius 1 is 1.35 bits per heavy atom. The molecule has 4 nitrogen and oxygen atoms in total. The van der Waals surface area contributed by atoms with Gasteiger partial charge in [0.25, 0.3) is 0 Å². The predicted octanol–water partition coefficient (Wildman–Crippen LogP) is 2.26. The van der Waals surface area contributed by atoms with Gasteiger partial charge in [-0.1, -0.05) is 13.8 Å². The summed E-state index contributed by atoms with van der Waals surface area (Å²) in [5.74, 6) is 2.33. The van der Waals surface area contributed by atoms with Gasteiger partial charge in [0.1, 0.15) is 5.60 Å². The normalized spacial score (nSPS) is 13.6. The van der Waals surface area contributed by atoms with Crippen LogP contribution in [0.15, 0.2) is 0 Å². The van der Waals surface area contributed by atoms with Crippen molar-refractivity contribution in [3.05, 3.63) is 0 Å². The van der Waals surface area contributed by atoms with Gasteiger partial charge in [-0.15, -0.1) is 0 Å². The summed E-state index contributed by atoms with van der Waals surface area (Å²) in [4.78, 5) is 11.5. The number of rotatable bonds is 6. The number of amides is 1. The van der Waals surface area contributed by atoms with Crippen molar-refractivity contribution in [1.29, 1.82) is 0 Å². The van der Waals surface area contributed by atoms with E-state index in [1.165, 1.54) is 0 Å². The van der Waals surface area contributed by atoms with Crippen LogP contribution in [-0.4, -0.2) is 41.0 Å². The molecule has 17 heavy (non-hydrogen) atoms. The highest BCUT2D eigenvalue weighted by Crippen LogP contribution is 2.10. The maximum absolute atomic E-state index is 11.5. The van der Waals surface area contributed by atoms with E-state index in [4.69, 9.17) is 9.84 Å². The lowest BCUT2D eigenvalue weighted by Gasteiger charge is -2.22. The molecule has 0 saturated heterocycles. The van der Waals surface area contributed by atoms with Crippen molar-refractivity contribution in [1.82, 2.24) is 5.32 Å². The van der Waals surface area contributed by atoms with Crippen LogP contribution in [0.25, 0.3) is 0 Å². The molecular weight excluding hydrogens is 238 g/mol. The van der Waals surface area contributed by atoms with E-state index >= 15 is 0 Å². The first-order valence-electron chi connectivity index (χ1n) is 5.92. The largest absolute Gasteiger partial charge is 0.444 e. The third-order valence-electron chi connectivity index (χ3n) is 1.71. The number of alkyl carbamates (subject to hydrolysis) is 1. The van der Waals surface area contributed by atoms with Crippen LogP contribution in [0, 0.1) is 5.92 Å². The highest BCUT2D eigenvalue weighted by Gasteiger charge is 2.19. The summed E-state index contributed by atoms with van der Waals surface area (Å²) >= 11 is 1.72. The van der Waals surface area contributed by atoms with Crippen LogP contribution < -0.4 is 5.32 Å². The molecule has 0 heterocycles. The molecular formula is C12H25NO3S. The van der Waals surface area contributed by atoms with E-state index < -0.39 is 11.7 Å². The van der Waals surface area contributed by atoms with Gasteiger partial charge < -0.3 is 15.2 Å². The fraction of sp³-hybridized carbons (Fsp3) is 0.917. The Morgan fingerprint density at radius 3 is 2.35 bits per heavy atom. The fourth-order valence-electron chi connectivity index (χ4n) is 1.06. The third kappa shape index (κ3) is 10.5. The Balaban J connectivity index is 3.92. The van der Waals surface area contributed by atoms with Crippen molar-refractivity contribution in [3.63, 3.8) is 0 Å². The smallest absolute Gasteiger partial charge is 0.407 e. The first-order chi connectivity index (χ1) is 7.74. The number of ether oxygens (including phenoxy) is 1. The van der Waals surface area contributed by atoms with Crippen molar-refractivity contribution in [2.45, 2.75) is 46.3 Å². The highest BCUT2D eigenvalue weighted by atomic mass is 32.2. The molecule has 0 bridgehead atoms. The maximum Gasteiger partial charge on any atom is 0.407 e. The van der Waals surface area contributed by atoms with Crippen LogP contribution in [0.1, 0.15) is 34.6 Å². The number of carbonyl (C=O) groups is 1. The SMILES string of the molecule is CC(C)CSCC(CO)NC(=O)OC(C)(C)C. The first-order valence-corrected chi connectivity index (χ1v) is 7.08. The van der Waals surface area contributed by atoms with Crippen molar-refractivity contribution in [2.24, 2.45) is 5.92 Å². The van der Waals surface area contributed by atoms with Crippen LogP contribution >= 0.6 is 11.8 Å². The second kappa shape index (κ2) is 7.82. The zero-order chi connectivity index (χ0) is 13.5. The summed E-state index contributed by atoms with van der Waals surface area (Å²) in [6, 6.07) is -0.242. The molecule has 0 aromatic rings. The van der Waals surface area contributed by atoms with Crippen LogP contribution in [0.2, 0.25) is 0 Å². The molecule has 0 aliphatic rings. The van der Waals surface area contributed by atoms with E-state index in [9.17, 15) is 4.79 Å². The quantitative estimate of drug-likeness (QED) is 0.772. The number of nitrogens with one attached hydrogen (secondary N) is 1. The highest BCUT2D eigenvalue weighted by molar-refractivity contribution is 7.99. The van der Waals surface area contributed by atoms with Crippen molar-refractivity contribution >= 4 is 17.9 Å². The van der Waals surface area contributed by atoms with Crippen molar-refractivity contribution < 1.29 is 14.6 Å². The predicted molar refractivity (Wildman–Crippen MR) is 72.4 cm³/mol. The van der Waals surface area contributed by atoms with E-state index in [1.54, 1.807) is 11.8 Å². The number of thioether (sulfide) groups is 1. The second-order valence-electron chi connectivity index (χ2n) is 5.46. The topological polar surface area (TPSA) is 58.6 Å². The number of hydrogen-bond acceptors (Lipinski definition) is 4. The average Bonchev–Trinajstić information content (AvgIpc) is 2.12. The van der Waals surface area contributed by atoms with Crippen LogP contribution in [-0.2, 0) is 4.74 Å². The van der Waals surface area contributed by atoms with Gasteiger partial charge in [0.2, 0.25) is 0 Å². The minimum absolute atomic E-state index is 0.0651. The maximum atomic E-state index is 11.5. The molecule has 1 unspecified atom stereocenters. The third-order valence-corrected chi connectivity index (χ3v) is 3.25. The molecule has 2 N–H and O–H groups in total.